The van der Waals surface area contributed by atoms with Gasteiger partial charge in [-0.2, -0.15) is 12.7 Å². The number of nitrogens with zero attached hydrogens (tertiary/aromatic N) is 4. The minimum atomic E-state index is -3.35. The van der Waals surface area contributed by atoms with E-state index in [0.29, 0.717) is 12.5 Å². The SMILES string of the molecule is CN(C)S(=O)(=O)NCC1CCCN(Cc2nc3ccccc3n2C)C1. The van der Waals surface area contributed by atoms with Crippen LogP contribution in [0.4, 0.5) is 0 Å². The number of fused-ring (bicyclic) bond motifs is 1. The van der Waals surface area contributed by atoms with Crippen LogP contribution in [0, 0.1) is 5.92 Å². The first-order valence-electron chi connectivity index (χ1n) is 8.66. The quantitative estimate of drug-likeness (QED) is 0.835. The lowest BCUT2D eigenvalue weighted by Gasteiger charge is -2.32. The van der Waals surface area contributed by atoms with Crippen LogP contribution in [0.5, 0.6) is 0 Å². The highest BCUT2D eigenvalue weighted by Crippen LogP contribution is 2.20. The van der Waals surface area contributed by atoms with E-state index < -0.39 is 10.2 Å². The van der Waals surface area contributed by atoms with Crippen molar-refractivity contribution < 1.29 is 8.42 Å². The molecule has 3 rings (SSSR count). The Hall–Kier alpha value is -1.48. The number of aryl methyl sites for hydroxylation is 1. The summed E-state index contributed by atoms with van der Waals surface area (Å²) in [6, 6.07) is 8.16. The first-order chi connectivity index (χ1) is 11.9. The van der Waals surface area contributed by atoms with E-state index in [4.69, 9.17) is 4.98 Å². The van der Waals surface area contributed by atoms with Gasteiger partial charge in [0, 0.05) is 34.2 Å². The first kappa shape index (κ1) is 18.3. The summed E-state index contributed by atoms with van der Waals surface area (Å²) in [4.78, 5) is 7.12. The van der Waals surface area contributed by atoms with Gasteiger partial charge in [0.05, 0.1) is 17.6 Å². The second kappa shape index (κ2) is 7.41. The normalized spacial score (nSPS) is 19.8. The van der Waals surface area contributed by atoms with E-state index in [1.54, 1.807) is 14.1 Å². The van der Waals surface area contributed by atoms with Crippen molar-refractivity contribution in [3.63, 3.8) is 0 Å². The Balaban J connectivity index is 1.62. The topological polar surface area (TPSA) is 70.5 Å². The molecule has 1 aliphatic rings. The molecule has 2 aromatic rings. The number of aromatic nitrogens is 2. The fourth-order valence-electron chi connectivity index (χ4n) is 3.35. The summed E-state index contributed by atoms with van der Waals surface area (Å²) < 4.78 is 29.8. The van der Waals surface area contributed by atoms with E-state index in [-0.39, 0.29) is 0 Å². The molecule has 0 spiro atoms. The number of hydrogen-bond acceptors (Lipinski definition) is 4. The predicted octanol–water partition coefficient (Wildman–Crippen LogP) is 1.18. The van der Waals surface area contributed by atoms with E-state index >= 15 is 0 Å². The average Bonchev–Trinajstić information content (AvgIpc) is 2.90. The van der Waals surface area contributed by atoms with E-state index in [1.807, 2.05) is 18.2 Å². The minimum Gasteiger partial charge on any atom is -0.330 e. The van der Waals surface area contributed by atoms with Crippen molar-refractivity contribution in [2.24, 2.45) is 13.0 Å². The molecule has 1 fully saturated rings. The minimum absolute atomic E-state index is 0.332. The zero-order valence-electron chi connectivity index (χ0n) is 15.1. The maximum absolute atomic E-state index is 11.9. The molecule has 8 heteroatoms. The van der Waals surface area contributed by atoms with Crippen molar-refractivity contribution in [3.8, 4) is 0 Å². The second-order valence-electron chi connectivity index (χ2n) is 6.96. The lowest BCUT2D eigenvalue weighted by Crippen LogP contribution is -2.43. The van der Waals surface area contributed by atoms with Crippen LogP contribution >= 0.6 is 0 Å². The summed E-state index contributed by atoms with van der Waals surface area (Å²) in [5.41, 5.74) is 2.16. The van der Waals surface area contributed by atoms with Crippen LogP contribution in [0.15, 0.2) is 24.3 Å². The third-order valence-corrected chi connectivity index (χ3v) is 6.38. The van der Waals surface area contributed by atoms with Crippen LogP contribution in [0.2, 0.25) is 0 Å². The van der Waals surface area contributed by atoms with Crippen molar-refractivity contribution in [2.45, 2.75) is 19.4 Å². The molecule has 0 amide bonds. The molecule has 25 heavy (non-hydrogen) atoms. The van der Waals surface area contributed by atoms with Gasteiger partial charge < -0.3 is 4.57 Å². The maximum atomic E-state index is 11.9. The van der Waals surface area contributed by atoms with Gasteiger partial charge >= 0.3 is 0 Å². The lowest BCUT2D eigenvalue weighted by atomic mass is 9.98. The van der Waals surface area contributed by atoms with Gasteiger partial charge in [0.25, 0.3) is 10.2 Å². The van der Waals surface area contributed by atoms with Gasteiger partial charge in [-0.3, -0.25) is 4.90 Å². The number of rotatable bonds is 6. The Labute approximate surface area is 149 Å². The number of nitrogens with one attached hydrogen (secondary N) is 1. The third-order valence-electron chi connectivity index (χ3n) is 4.88. The van der Waals surface area contributed by atoms with Crippen molar-refractivity contribution in [1.82, 2.24) is 23.5 Å². The fourth-order valence-corrected chi connectivity index (χ4v) is 4.06. The van der Waals surface area contributed by atoms with Crippen LogP contribution in [0.3, 0.4) is 0 Å². The summed E-state index contributed by atoms with van der Waals surface area (Å²) in [5.74, 6) is 1.38. The average molecular weight is 366 g/mol. The smallest absolute Gasteiger partial charge is 0.278 e. The van der Waals surface area contributed by atoms with Gasteiger partial charge in [-0.25, -0.2) is 9.71 Å². The zero-order valence-corrected chi connectivity index (χ0v) is 16.0. The lowest BCUT2D eigenvalue weighted by molar-refractivity contribution is 0.164. The maximum Gasteiger partial charge on any atom is 0.278 e. The number of imidazole rings is 1. The highest BCUT2D eigenvalue weighted by molar-refractivity contribution is 7.87. The van der Waals surface area contributed by atoms with E-state index in [0.717, 1.165) is 49.3 Å². The summed E-state index contributed by atoms with van der Waals surface area (Å²) >= 11 is 0. The highest BCUT2D eigenvalue weighted by atomic mass is 32.2. The van der Waals surface area contributed by atoms with Crippen LogP contribution in [-0.4, -0.2) is 60.9 Å². The fraction of sp³-hybridized carbons (Fsp3) is 0.588. The van der Waals surface area contributed by atoms with Crippen LogP contribution in [0.1, 0.15) is 18.7 Å². The molecule has 7 nitrogen and oxygen atoms in total. The Morgan fingerprint density at radius 1 is 1.32 bits per heavy atom. The molecule has 1 aromatic carbocycles. The predicted molar refractivity (Wildman–Crippen MR) is 99.3 cm³/mol. The Kier molecular flexibility index (Phi) is 5.43. The molecule has 2 heterocycles. The van der Waals surface area contributed by atoms with Gasteiger partial charge in [-0.1, -0.05) is 12.1 Å². The zero-order chi connectivity index (χ0) is 18.0. The van der Waals surface area contributed by atoms with Gasteiger partial charge in [0.1, 0.15) is 5.82 Å². The number of benzene rings is 1. The summed E-state index contributed by atoms with van der Waals surface area (Å²) in [6.07, 6.45) is 2.13. The third kappa shape index (κ3) is 4.20. The highest BCUT2D eigenvalue weighted by Gasteiger charge is 2.23. The molecule has 1 atom stereocenters. The molecule has 1 N–H and O–H groups in total. The Morgan fingerprint density at radius 2 is 2.08 bits per heavy atom. The molecule has 0 aliphatic carbocycles. The van der Waals surface area contributed by atoms with Gasteiger partial charge in [0.2, 0.25) is 0 Å². The van der Waals surface area contributed by atoms with Crippen LogP contribution in [-0.2, 0) is 23.8 Å². The molecule has 138 valence electrons. The van der Waals surface area contributed by atoms with E-state index in [1.165, 1.54) is 4.31 Å². The number of likely N-dealkylation sites (tertiary alicyclic amines) is 1. The standard InChI is InChI=1S/C17H27N5O2S/c1-20(2)25(23,24)18-11-14-7-6-10-22(12-14)13-17-19-15-8-4-5-9-16(15)21(17)3/h4-5,8-9,14,18H,6-7,10-13H2,1-3H3. The Bertz CT molecular complexity index is 831. The van der Waals surface area contributed by atoms with Crippen molar-refractivity contribution in [3.05, 3.63) is 30.1 Å². The van der Waals surface area contributed by atoms with Crippen LogP contribution < -0.4 is 4.72 Å². The Morgan fingerprint density at radius 3 is 2.80 bits per heavy atom. The second-order valence-corrected chi connectivity index (χ2v) is 8.92. The van der Waals surface area contributed by atoms with Crippen molar-refractivity contribution >= 4 is 21.2 Å². The molecule has 0 bridgehead atoms. The molecule has 1 saturated heterocycles. The first-order valence-corrected chi connectivity index (χ1v) is 10.1. The molecule has 0 saturated carbocycles. The van der Waals surface area contributed by atoms with Gasteiger partial charge in [0.15, 0.2) is 0 Å². The van der Waals surface area contributed by atoms with Crippen molar-refractivity contribution in [2.75, 3.05) is 33.7 Å². The molecule has 1 unspecified atom stereocenters. The van der Waals surface area contributed by atoms with E-state index in [2.05, 4.69) is 27.3 Å². The largest absolute Gasteiger partial charge is 0.330 e. The molecule has 1 aromatic heterocycles. The molecule has 1 aliphatic heterocycles. The molecule has 0 radical (unpaired) electrons. The number of para-hydroxylation sites is 2. The monoisotopic (exact) mass is 365 g/mol. The van der Waals surface area contributed by atoms with Crippen molar-refractivity contribution in [1.29, 1.82) is 0 Å². The number of piperidine rings is 1. The van der Waals surface area contributed by atoms with E-state index in [9.17, 15) is 8.42 Å². The number of hydrogen-bond donors (Lipinski definition) is 1. The van der Waals surface area contributed by atoms with Gasteiger partial charge in [-0.05, 0) is 37.4 Å². The van der Waals surface area contributed by atoms with Gasteiger partial charge in [-0.15, -0.1) is 0 Å². The summed E-state index contributed by atoms with van der Waals surface area (Å²) in [7, 11) is 1.79. The summed E-state index contributed by atoms with van der Waals surface area (Å²) in [6.45, 7) is 3.20. The molecular formula is C17H27N5O2S. The molecular weight excluding hydrogens is 338 g/mol. The summed E-state index contributed by atoms with van der Waals surface area (Å²) in [5, 5.41) is 0. The van der Waals surface area contributed by atoms with Crippen LogP contribution in [0.25, 0.3) is 11.0 Å².